The molecule has 1 aliphatic carbocycles. The first-order valence-electron chi connectivity index (χ1n) is 6.74. The lowest BCUT2D eigenvalue weighted by Gasteiger charge is -2.20. The predicted octanol–water partition coefficient (Wildman–Crippen LogP) is 3.09. The summed E-state index contributed by atoms with van der Waals surface area (Å²) in [6.45, 7) is 6.58. The van der Waals surface area contributed by atoms with E-state index in [1.165, 1.54) is 36.1 Å². The van der Waals surface area contributed by atoms with Gasteiger partial charge in [0.1, 0.15) is 0 Å². The van der Waals surface area contributed by atoms with E-state index in [0.717, 1.165) is 19.1 Å². The van der Waals surface area contributed by atoms with Gasteiger partial charge < -0.3 is 10.2 Å². The smallest absolute Gasteiger partial charge is 0.0366 e. The molecule has 1 aromatic carbocycles. The molecule has 0 bridgehead atoms. The highest BCUT2D eigenvalue weighted by Gasteiger charge is 2.20. The molecule has 0 amide bonds. The van der Waals surface area contributed by atoms with E-state index < -0.39 is 0 Å². The highest BCUT2D eigenvalue weighted by molar-refractivity contribution is 5.50. The van der Waals surface area contributed by atoms with E-state index in [0.29, 0.717) is 0 Å². The molecule has 1 saturated carbocycles. The van der Waals surface area contributed by atoms with Crippen LogP contribution in [0.1, 0.15) is 37.3 Å². The summed E-state index contributed by atoms with van der Waals surface area (Å²) in [7, 11) is 2.17. The minimum atomic E-state index is 0.789. The molecule has 1 fully saturated rings. The molecule has 2 heteroatoms. The first-order valence-corrected chi connectivity index (χ1v) is 6.74. The van der Waals surface area contributed by atoms with Gasteiger partial charge in [0, 0.05) is 31.9 Å². The maximum atomic E-state index is 3.57. The lowest BCUT2D eigenvalue weighted by atomic mass is 10.1. The summed E-state index contributed by atoms with van der Waals surface area (Å²) < 4.78 is 0. The van der Waals surface area contributed by atoms with Gasteiger partial charge in [0.2, 0.25) is 0 Å². The van der Waals surface area contributed by atoms with Crippen molar-refractivity contribution in [3.8, 4) is 0 Å². The van der Waals surface area contributed by atoms with Crippen LogP contribution in [0.25, 0.3) is 0 Å². The number of rotatable bonds is 6. The summed E-state index contributed by atoms with van der Waals surface area (Å²) in [6, 6.07) is 7.61. The van der Waals surface area contributed by atoms with Gasteiger partial charge in [-0.3, -0.25) is 0 Å². The van der Waals surface area contributed by atoms with Gasteiger partial charge in [-0.1, -0.05) is 13.0 Å². The van der Waals surface area contributed by atoms with Gasteiger partial charge in [-0.05, 0) is 49.4 Å². The molecule has 17 heavy (non-hydrogen) atoms. The largest absolute Gasteiger partial charge is 0.375 e. The van der Waals surface area contributed by atoms with Crippen molar-refractivity contribution >= 4 is 5.69 Å². The molecule has 0 radical (unpaired) electrons. The Kier molecular flexibility index (Phi) is 4.06. The Labute approximate surface area is 105 Å². The number of benzene rings is 1. The molecule has 2 rings (SSSR count). The van der Waals surface area contributed by atoms with Crippen LogP contribution in [0, 0.1) is 6.92 Å². The molecular weight excluding hydrogens is 208 g/mol. The van der Waals surface area contributed by atoms with Crippen molar-refractivity contribution < 1.29 is 0 Å². The third-order valence-corrected chi connectivity index (χ3v) is 3.48. The van der Waals surface area contributed by atoms with Crippen LogP contribution in [0.4, 0.5) is 5.69 Å². The molecule has 0 aliphatic heterocycles. The molecule has 0 heterocycles. The van der Waals surface area contributed by atoms with E-state index in [2.05, 4.69) is 49.3 Å². The SMILES string of the molecule is CCCN(C)c1ccc(CNC2CC2)c(C)c1. The second-order valence-electron chi connectivity index (χ2n) is 5.19. The first kappa shape index (κ1) is 12.4. The average Bonchev–Trinajstić information content (AvgIpc) is 3.11. The first-order chi connectivity index (χ1) is 8.20. The Bertz CT molecular complexity index is 369. The van der Waals surface area contributed by atoms with Crippen molar-refractivity contribution in [2.45, 2.75) is 45.7 Å². The van der Waals surface area contributed by atoms with Crippen molar-refractivity contribution in [3.63, 3.8) is 0 Å². The zero-order valence-electron chi connectivity index (χ0n) is 11.3. The number of nitrogens with one attached hydrogen (secondary N) is 1. The third kappa shape index (κ3) is 3.47. The fourth-order valence-corrected chi connectivity index (χ4v) is 2.12. The Balaban J connectivity index is 1.99. The maximum Gasteiger partial charge on any atom is 0.0366 e. The Morgan fingerprint density at radius 1 is 1.35 bits per heavy atom. The Hall–Kier alpha value is -1.02. The van der Waals surface area contributed by atoms with Crippen molar-refractivity contribution in [1.82, 2.24) is 5.32 Å². The van der Waals surface area contributed by atoms with Crippen molar-refractivity contribution in [2.24, 2.45) is 0 Å². The molecule has 1 aromatic rings. The minimum absolute atomic E-state index is 0.789. The van der Waals surface area contributed by atoms with Crippen LogP contribution in [0.15, 0.2) is 18.2 Å². The summed E-state index contributed by atoms with van der Waals surface area (Å²) in [5.41, 5.74) is 4.17. The second-order valence-corrected chi connectivity index (χ2v) is 5.19. The van der Waals surface area contributed by atoms with Crippen LogP contribution >= 0.6 is 0 Å². The van der Waals surface area contributed by atoms with Gasteiger partial charge in [0.05, 0.1) is 0 Å². The monoisotopic (exact) mass is 232 g/mol. The van der Waals surface area contributed by atoms with Gasteiger partial charge in [-0.15, -0.1) is 0 Å². The van der Waals surface area contributed by atoms with Crippen LogP contribution in [-0.4, -0.2) is 19.6 Å². The molecule has 0 aromatic heterocycles. The Morgan fingerprint density at radius 3 is 2.71 bits per heavy atom. The standard InChI is InChI=1S/C15H24N2/c1-4-9-17(3)15-8-5-13(12(2)10-15)11-16-14-6-7-14/h5,8,10,14,16H,4,6-7,9,11H2,1-3H3. The van der Waals surface area contributed by atoms with Crippen molar-refractivity contribution in [2.75, 3.05) is 18.5 Å². The highest BCUT2D eigenvalue weighted by Crippen LogP contribution is 2.22. The normalized spacial score (nSPS) is 15.0. The molecule has 1 aliphatic rings. The number of nitrogens with zero attached hydrogens (tertiary/aromatic N) is 1. The quantitative estimate of drug-likeness (QED) is 0.811. The lowest BCUT2D eigenvalue weighted by Crippen LogP contribution is -2.19. The summed E-state index contributed by atoms with van der Waals surface area (Å²) in [6.07, 6.45) is 3.91. The van der Waals surface area contributed by atoms with E-state index in [-0.39, 0.29) is 0 Å². The van der Waals surface area contributed by atoms with Gasteiger partial charge in [0.15, 0.2) is 0 Å². The molecule has 0 atom stereocenters. The summed E-state index contributed by atoms with van der Waals surface area (Å²) in [4.78, 5) is 2.32. The molecule has 94 valence electrons. The van der Waals surface area contributed by atoms with Crippen LogP contribution in [0.3, 0.4) is 0 Å². The van der Waals surface area contributed by atoms with Crippen molar-refractivity contribution in [1.29, 1.82) is 0 Å². The van der Waals surface area contributed by atoms with E-state index in [1.54, 1.807) is 0 Å². The van der Waals surface area contributed by atoms with Crippen LogP contribution in [-0.2, 0) is 6.54 Å². The van der Waals surface area contributed by atoms with Gasteiger partial charge >= 0.3 is 0 Å². The average molecular weight is 232 g/mol. The third-order valence-electron chi connectivity index (χ3n) is 3.48. The van der Waals surface area contributed by atoms with Gasteiger partial charge in [0.25, 0.3) is 0 Å². The zero-order valence-corrected chi connectivity index (χ0v) is 11.3. The van der Waals surface area contributed by atoms with E-state index in [1.807, 2.05) is 0 Å². The minimum Gasteiger partial charge on any atom is -0.375 e. The number of hydrogen-bond donors (Lipinski definition) is 1. The molecule has 0 saturated heterocycles. The van der Waals surface area contributed by atoms with Crippen molar-refractivity contribution in [3.05, 3.63) is 29.3 Å². The van der Waals surface area contributed by atoms with Crippen LogP contribution in [0.2, 0.25) is 0 Å². The zero-order chi connectivity index (χ0) is 12.3. The molecule has 0 unspecified atom stereocenters. The topological polar surface area (TPSA) is 15.3 Å². The number of anilines is 1. The fourth-order valence-electron chi connectivity index (χ4n) is 2.12. The summed E-state index contributed by atoms with van der Waals surface area (Å²) >= 11 is 0. The number of hydrogen-bond acceptors (Lipinski definition) is 2. The van der Waals surface area contributed by atoms with Crippen LogP contribution in [0.5, 0.6) is 0 Å². The Morgan fingerprint density at radius 2 is 2.12 bits per heavy atom. The van der Waals surface area contributed by atoms with E-state index in [4.69, 9.17) is 0 Å². The molecule has 2 nitrogen and oxygen atoms in total. The van der Waals surface area contributed by atoms with Crippen LogP contribution < -0.4 is 10.2 Å². The second kappa shape index (κ2) is 5.54. The molecule has 0 spiro atoms. The molecule has 1 N–H and O–H groups in total. The highest BCUT2D eigenvalue weighted by atomic mass is 15.1. The van der Waals surface area contributed by atoms with Gasteiger partial charge in [-0.2, -0.15) is 0 Å². The fraction of sp³-hybridized carbons (Fsp3) is 0.600. The molecular formula is C15H24N2. The predicted molar refractivity (Wildman–Crippen MR) is 74.6 cm³/mol. The number of aryl methyl sites for hydroxylation is 1. The lowest BCUT2D eigenvalue weighted by molar-refractivity contribution is 0.685. The van der Waals surface area contributed by atoms with E-state index in [9.17, 15) is 0 Å². The maximum absolute atomic E-state index is 3.57. The van der Waals surface area contributed by atoms with Gasteiger partial charge in [-0.25, -0.2) is 0 Å². The summed E-state index contributed by atoms with van der Waals surface area (Å²) in [5, 5.41) is 3.57. The van der Waals surface area contributed by atoms with E-state index >= 15 is 0 Å². The summed E-state index contributed by atoms with van der Waals surface area (Å²) in [5.74, 6) is 0.